The number of benzene rings is 1. The van der Waals surface area contributed by atoms with Gasteiger partial charge >= 0.3 is 0 Å². The van der Waals surface area contributed by atoms with Gasteiger partial charge in [-0.3, -0.25) is 9.78 Å². The highest BCUT2D eigenvalue weighted by molar-refractivity contribution is 6.31. The van der Waals surface area contributed by atoms with Crippen LogP contribution in [-0.2, 0) is 4.79 Å². The number of halogens is 1. The number of pyridine rings is 1. The van der Waals surface area contributed by atoms with E-state index in [4.69, 9.17) is 11.6 Å². The Morgan fingerprint density at radius 1 is 1.27 bits per heavy atom. The van der Waals surface area contributed by atoms with Crippen molar-refractivity contribution in [1.29, 1.82) is 0 Å². The molecule has 22 heavy (non-hydrogen) atoms. The summed E-state index contributed by atoms with van der Waals surface area (Å²) in [4.78, 5) is 16.3. The first-order chi connectivity index (χ1) is 10.6. The molecule has 0 aliphatic carbocycles. The molecule has 6 heteroatoms. The maximum Gasteiger partial charge on any atom is 0.242 e. The maximum atomic E-state index is 12.3. The van der Waals surface area contributed by atoms with Crippen molar-refractivity contribution in [1.82, 2.24) is 15.8 Å². The van der Waals surface area contributed by atoms with Gasteiger partial charge in [-0.2, -0.15) is 0 Å². The lowest BCUT2D eigenvalue weighted by molar-refractivity contribution is -0.117. The van der Waals surface area contributed by atoms with Crippen molar-refractivity contribution in [2.24, 2.45) is 0 Å². The first-order valence-corrected chi connectivity index (χ1v) is 7.49. The Morgan fingerprint density at radius 3 is 2.77 bits per heavy atom. The SMILES string of the molecule is Cc1ccc(NC(=O)C2CC(c3ccncc3)NN2)cc1Cl. The molecule has 1 saturated heterocycles. The van der Waals surface area contributed by atoms with Gasteiger partial charge in [0.2, 0.25) is 5.91 Å². The van der Waals surface area contributed by atoms with Crippen molar-refractivity contribution in [2.75, 3.05) is 5.32 Å². The van der Waals surface area contributed by atoms with Crippen LogP contribution in [0.5, 0.6) is 0 Å². The molecule has 2 atom stereocenters. The van der Waals surface area contributed by atoms with Crippen LogP contribution >= 0.6 is 11.6 Å². The molecule has 2 unspecified atom stereocenters. The van der Waals surface area contributed by atoms with Crippen LogP contribution in [0.1, 0.15) is 23.6 Å². The molecule has 0 bridgehead atoms. The first-order valence-electron chi connectivity index (χ1n) is 7.11. The van der Waals surface area contributed by atoms with E-state index < -0.39 is 0 Å². The summed E-state index contributed by atoms with van der Waals surface area (Å²) in [5.74, 6) is -0.0797. The largest absolute Gasteiger partial charge is 0.325 e. The number of aryl methyl sites for hydroxylation is 1. The second-order valence-electron chi connectivity index (χ2n) is 5.36. The van der Waals surface area contributed by atoms with E-state index in [2.05, 4.69) is 21.2 Å². The second kappa shape index (κ2) is 6.44. The molecule has 1 aliphatic rings. The molecule has 1 amide bonds. The smallest absolute Gasteiger partial charge is 0.242 e. The van der Waals surface area contributed by atoms with Gasteiger partial charge < -0.3 is 5.32 Å². The van der Waals surface area contributed by atoms with Crippen LogP contribution in [0, 0.1) is 6.92 Å². The van der Waals surface area contributed by atoms with Gasteiger partial charge in [0.1, 0.15) is 6.04 Å². The Balaban J connectivity index is 1.63. The number of hydrogen-bond acceptors (Lipinski definition) is 4. The minimum Gasteiger partial charge on any atom is -0.325 e. The second-order valence-corrected chi connectivity index (χ2v) is 5.77. The highest BCUT2D eigenvalue weighted by Crippen LogP contribution is 2.23. The number of rotatable bonds is 3. The van der Waals surface area contributed by atoms with Gasteiger partial charge in [0, 0.05) is 29.1 Å². The summed E-state index contributed by atoms with van der Waals surface area (Å²) < 4.78 is 0. The third kappa shape index (κ3) is 3.27. The monoisotopic (exact) mass is 316 g/mol. The summed E-state index contributed by atoms with van der Waals surface area (Å²) in [5.41, 5.74) is 8.98. The predicted octanol–water partition coefficient (Wildman–Crippen LogP) is 2.59. The van der Waals surface area contributed by atoms with Crippen molar-refractivity contribution in [2.45, 2.75) is 25.4 Å². The van der Waals surface area contributed by atoms with Gasteiger partial charge in [-0.15, -0.1) is 0 Å². The number of nitrogens with zero attached hydrogens (tertiary/aromatic N) is 1. The van der Waals surface area contributed by atoms with Crippen molar-refractivity contribution >= 4 is 23.2 Å². The molecule has 1 aliphatic heterocycles. The van der Waals surface area contributed by atoms with E-state index in [1.165, 1.54) is 0 Å². The van der Waals surface area contributed by atoms with E-state index in [0.29, 0.717) is 17.1 Å². The van der Waals surface area contributed by atoms with E-state index in [0.717, 1.165) is 11.1 Å². The fraction of sp³-hybridized carbons (Fsp3) is 0.250. The molecular weight excluding hydrogens is 300 g/mol. The molecule has 1 aromatic carbocycles. The molecule has 1 fully saturated rings. The molecule has 114 valence electrons. The number of hydrogen-bond donors (Lipinski definition) is 3. The molecule has 1 aromatic heterocycles. The van der Waals surface area contributed by atoms with Gasteiger partial charge in [0.15, 0.2) is 0 Å². The predicted molar refractivity (Wildman–Crippen MR) is 86.5 cm³/mol. The highest BCUT2D eigenvalue weighted by Gasteiger charge is 2.30. The number of carbonyl (C=O) groups is 1. The summed E-state index contributed by atoms with van der Waals surface area (Å²) in [5, 5.41) is 3.53. The third-order valence-corrected chi connectivity index (χ3v) is 4.17. The minimum absolute atomic E-state index is 0.0797. The minimum atomic E-state index is -0.293. The summed E-state index contributed by atoms with van der Waals surface area (Å²) >= 11 is 6.07. The average Bonchev–Trinajstić information content (AvgIpc) is 3.02. The zero-order chi connectivity index (χ0) is 15.5. The summed E-state index contributed by atoms with van der Waals surface area (Å²) in [6, 6.07) is 9.19. The number of anilines is 1. The standard InChI is InChI=1S/C16H17ClN4O/c1-10-2-3-12(8-13(10)17)19-16(22)15-9-14(20-21-15)11-4-6-18-7-5-11/h2-8,14-15,20-21H,9H2,1H3,(H,19,22). The van der Waals surface area contributed by atoms with E-state index in [9.17, 15) is 4.79 Å². The van der Waals surface area contributed by atoms with Crippen molar-refractivity contribution in [3.63, 3.8) is 0 Å². The van der Waals surface area contributed by atoms with Crippen molar-refractivity contribution in [3.8, 4) is 0 Å². The highest BCUT2D eigenvalue weighted by atomic mass is 35.5. The summed E-state index contributed by atoms with van der Waals surface area (Å²) in [7, 11) is 0. The van der Waals surface area contributed by atoms with Crippen LogP contribution in [0.3, 0.4) is 0 Å². The van der Waals surface area contributed by atoms with Crippen LogP contribution in [0.4, 0.5) is 5.69 Å². The first kappa shape index (κ1) is 15.0. The van der Waals surface area contributed by atoms with Gasteiger partial charge in [-0.25, -0.2) is 10.9 Å². The van der Waals surface area contributed by atoms with Crippen molar-refractivity contribution < 1.29 is 4.79 Å². The normalized spacial score (nSPS) is 20.8. The quantitative estimate of drug-likeness (QED) is 0.814. The zero-order valence-electron chi connectivity index (χ0n) is 12.1. The Bertz CT molecular complexity index is 677. The molecule has 3 N–H and O–H groups in total. The topological polar surface area (TPSA) is 66.0 Å². The molecule has 0 radical (unpaired) electrons. The Hall–Kier alpha value is -1.95. The lowest BCUT2D eigenvalue weighted by Crippen LogP contribution is -2.39. The molecule has 5 nitrogen and oxygen atoms in total. The number of aromatic nitrogens is 1. The number of nitrogens with one attached hydrogen (secondary N) is 3. The fourth-order valence-corrected chi connectivity index (χ4v) is 2.62. The molecule has 3 rings (SSSR count). The fourth-order valence-electron chi connectivity index (χ4n) is 2.44. The van der Waals surface area contributed by atoms with Crippen molar-refractivity contribution in [3.05, 3.63) is 58.9 Å². The Morgan fingerprint density at radius 2 is 2.05 bits per heavy atom. The van der Waals surface area contributed by atoms with Crippen LogP contribution in [0.25, 0.3) is 0 Å². The molecule has 2 heterocycles. The molecule has 0 spiro atoms. The van der Waals surface area contributed by atoms with Crippen LogP contribution in [0.15, 0.2) is 42.7 Å². The number of carbonyl (C=O) groups excluding carboxylic acids is 1. The number of hydrazine groups is 1. The Kier molecular flexibility index (Phi) is 4.38. The van der Waals surface area contributed by atoms with Gasteiger partial charge in [0.25, 0.3) is 0 Å². The van der Waals surface area contributed by atoms with E-state index in [-0.39, 0.29) is 18.0 Å². The van der Waals surface area contributed by atoms with Gasteiger partial charge in [-0.05, 0) is 48.7 Å². The van der Waals surface area contributed by atoms with Crippen LogP contribution in [-0.4, -0.2) is 16.9 Å². The summed E-state index contributed by atoms with van der Waals surface area (Å²) in [6.45, 7) is 1.93. The van der Waals surface area contributed by atoms with E-state index in [1.54, 1.807) is 18.5 Å². The van der Waals surface area contributed by atoms with E-state index in [1.807, 2.05) is 31.2 Å². The summed E-state index contributed by atoms with van der Waals surface area (Å²) in [6.07, 6.45) is 4.17. The zero-order valence-corrected chi connectivity index (χ0v) is 12.9. The van der Waals surface area contributed by atoms with E-state index >= 15 is 0 Å². The van der Waals surface area contributed by atoms with Gasteiger partial charge in [0.05, 0.1) is 0 Å². The molecule has 2 aromatic rings. The lowest BCUT2D eigenvalue weighted by atomic mass is 10.0. The average molecular weight is 317 g/mol. The van der Waals surface area contributed by atoms with Crippen LogP contribution < -0.4 is 16.2 Å². The number of amides is 1. The molecular formula is C16H17ClN4O. The maximum absolute atomic E-state index is 12.3. The molecule has 0 saturated carbocycles. The lowest BCUT2D eigenvalue weighted by Gasteiger charge is -2.11. The van der Waals surface area contributed by atoms with Crippen LogP contribution in [0.2, 0.25) is 5.02 Å². The Labute approximate surface area is 134 Å². The van der Waals surface area contributed by atoms with Gasteiger partial charge in [-0.1, -0.05) is 17.7 Å². The third-order valence-electron chi connectivity index (χ3n) is 3.77.